The van der Waals surface area contributed by atoms with E-state index in [1.54, 1.807) is 4.31 Å². The molecule has 2 fully saturated rings. The van der Waals surface area contributed by atoms with Crippen molar-refractivity contribution in [3.05, 3.63) is 30.1 Å². The largest absolute Gasteiger partial charge is 0.317 e. The van der Waals surface area contributed by atoms with Crippen molar-refractivity contribution < 1.29 is 12.8 Å². The van der Waals surface area contributed by atoms with Crippen molar-refractivity contribution in [2.75, 3.05) is 19.6 Å². The zero-order valence-electron chi connectivity index (χ0n) is 12.0. The summed E-state index contributed by atoms with van der Waals surface area (Å²) < 4.78 is 40.5. The number of benzene rings is 1. The topological polar surface area (TPSA) is 49.4 Å². The summed E-state index contributed by atoms with van der Waals surface area (Å²) in [7, 11) is -3.59. The predicted octanol–water partition coefficient (Wildman–Crippen LogP) is 1.98. The van der Waals surface area contributed by atoms with Crippen molar-refractivity contribution in [2.45, 2.75) is 36.6 Å². The molecule has 1 heterocycles. The summed E-state index contributed by atoms with van der Waals surface area (Å²) >= 11 is 0. The molecule has 1 aliphatic heterocycles. The molecule has 21 heavy (non-hydrogen) atoms. The minimum Gasteiger partial charge on any atom is -0.317 e. The van der Waals surface area contributed by atoms with Crippen molar-refractivity contribution in [1.82, 2.24) is 9.62 Å². The van der Waals surface area contributed by atoms with Crippen molar-refractivity contribution >= 4 is 10.0 Å². The molecule has 0 amide bonds. The van der Waals surface area contributed by atoms with Crippen LogP contribution in [0, 0.1) is 11.7 Å². The SMILES string of the molecule is O=S(=O)(c1cccc(F)c1)N(CC1CCNCC1)C1CC1. The highest BCUT2D eigenvalue weighted by atomic mass is 32.2. The first-order valence-electron chi connectivity index (χ1n) is 7.55. The molecule has 0 aromatic heterocycles. The number of rotatable bonds is 5. The van der Waals surface area contributed by atoms with Crippen LogP contribution in [0.2, 0.25) is 0 Å². The molecule has 1 aromatic rings. The molecular weight excluding hydrogens is 291 g/mol. The number of hydrogen-bond acceptors (Lipinski definition) is 3. The number of halogens is 1. The van der Waals surface area contributed by atoms with Gasteiger partial charge in [-0.25, -0.2) is 12.8 Å². The van der Waals surface area contributed by atoms with E-state index in [0.717, 1.165) is 44.8 Å². The van der Waals surface area contributed by atoms with E-state index in [1.165, 1.54) is 18.2 Å². The Morgan fingerprint density at radius 1 is 1.19 bits per heavy atom. The van der Waals surface area contributed by atoms with Gasteiger partial charge < -0.3 is 5.32 Å². The fourth-order valence-corrected chi connectivity index (χ4v) is 4.68. The van der Waals surface area contributed by atoms with E-state index in [9.17, 15) is 12.8 Å². The van der Waals surface area contributed by atoms with Crippen molar-refractivity contribution in [3.63, 3.8) is 0 Å². The lowest BCUT2D eigenvalue weighted by Crippen LogP contribution is -2.40. The van der Waals surface area contributed by atoms with Gasteiger partial charge in [0.05, 0.1) is 4.90 Å². The molecular formula is C15H21FN2O2S. The van der Waals surface area contributed by atoms with Gasteiger partial charge in [-0.1, -0.05) is 6.07 Å². The van der Waals surface area contributed by atoms with Crippen LogP contribution < -0.4 is 5.32 Å². The first-order chi connectivity index (χ1) is 10.1. The summed E-state index contributed by atoms with van der Waals surface area (Å²) in [6.07, 6.45) is 3.84. The summed E-state index contributed by atoms with van der Waals surface area (Å²) in [6.45, 7) is 2.46. The van der Waals surface area contributed by atoms with Gasteiger partial charge in [-0.2, -0.15) is 4.31 Å². The molecule has 1 saturated heterocycles. The smallest absolute Gasteiger partial charge is 0.243 e. The second-order valence-electron chi connectivity index (χ2n) is 5.96. The first kappa shape index (κ1) is 14.9. The standard InChI is InChI=1S/C15H21FN2O2S/c16-13-2-1-3-15(10-13)21(19,20)18(14-4-5-14)11-12-6-8-17-9-7-12/h1-3,10,12,14,17H,4-9,11H2. The maximum Gasteiger partial charge on any atom is 0.243 e. The van der Waals surface area contributed by atoms with E-state index < -0.39 is 15.8 Å². The number of hydrogen-bond donors (Lipinski definition) is 1. The maximum atomic E-state index is 13.3. The third kappa shape index (κ3) is 3.44. The Labute approximate surface area is 125 Å². The molecule has 6 heteroatoms. The zero-order chi connectivity index (χ0) is 14.9. The molecule has 0 bridgehead atoms. The molecule has 1 aliphatic carbocycles. The van der Waals surface area contributed by atoms with Crippen molar-refractivity contribution in [1.29, 1.82) is 0 Å². The Bertz CT molecular complexity index is 595. The van der Waals surface area contributed by atoms with Gasteiger partial charge >= 0.3 is 0 Å². The van der Waals surface area contributed by atoms with Crippen LogP contribution in [-0.2, 0) is 10.0 Å². The van der Waals surface area contributed by atoms with E-state index in [0.29, 0.717) is 12.5 Å². The van der Waals surface area contributed by atoms with Crippen molar-refractivity contribution in [3.8, 4) is 0 Å². The van der Waals surface area contributed by atoms with Crippen LogP contribution in [-0.4, -0.2) is 38.4 Å². The van der Waals surface area contributed by atoms with Gasteiger partial charge in [-0.05, 0) is 62.9 Å². The van der Waals surface area contributed by atoms with Crippen LogP contribution in [0.25, 0.3) is 0 Å². The fourth-order valence-electron chi connectivity index (χ4n) is 2.89. The summed E-state index contributed by atoms with van der Waals surface area (Å²) in [6, 6.07) is 5.43. The summed E-state index contributed by atoms with van der Waals surface area (Å²) in [4.78, 5) is 0.0725. The average molecular weight is 312 g/mol. The molecule has 0 radical (unpaired) electrons. The molecule has 1 saturated carbocycles. The normalized spacial score (nSPS) is 20.9. The lowest BCUT2D eigenvalue weighted by molar-refractivity contribution is 0.283. The van der Waals surface area contributed by atoms with E-state index in [-0.39, 0.29) is 10.9 Å². The van der Waals surface area contributed by atoms with Crippen LogP contribution >= 0.6 is 0 Å². The quantitative estimate of drug-likeness (QED) is 0.904. The van der Waals surface area contributed by atoms with E-state index in [4.69, 9.17) is 0 Å². The molecule has 3 rings (SSSR count). The van der Waals surface area contributed by atoms with E-state index in [2.05, 4.69) is 5.32 Å². The lowest BCUT2D eigenvalue weighted by atomic mass is 9.98. The Morgan fingerprint density at radius 3 is 2.52 bits per heavy atom. The molecule has 1 N–H and O–H groups in total. The van der Waals surface area contributed by atoms with E-state index in [1.807, 2.05) is 0 Å². The minimum absolute atomic E-state index is 0.0725. The summed E-state index contributed by atoms with van der Waals surface area (Å²) in [5.41, 5.74) is 0. The average Bonchev–Trinajstić information content (AvgIpc) is 3.30. The van der Waals surface area contributed by atoms with Gasteiger partial charge in [0.25, 0.3) is 0 Å². The molecule has 4 nitrogen and oxygen atoms in total. The first-order valence-corrected chi connectivity index (χ1v) is 8.99. The number of nitrogens with one attached hydrogen (secondary N) is 1. The molecule has 116 valence electrons. The van der Waals surface area contributed by atoms with Crippen LogP contribution in [0.15, 0.2) is 29.2 Å². The monoisotopic (exact) mass is 312 g/mol. The zero-order valence-corrected chi connectivity index (χ0v) is 12.8. The Hall–Kier alpha value is -0.980. The predicted molar refractivity (Wildman–Crippen MR) is 78.9 cm³/mol. The molecule has 1 aromatic carbocycles. The fraction of sp³-hybridized carbons (Fsp3) is 0.600. The van der Waals surface area contributed by atoms with Gasteiger partial charge in [0.15, 0.2) is 0 Å². The van der Waals surface area contributed by atoms with Gasteiger partial charge in [-0.15, -0.1) is 0 Å². The second kappa shape index (κ2) is 6.02. The highest BCUT2D eigenvalue weighted by Gasteiger charge is 2.39. The van der Waals surface area contributed by atoms with E-state index >= 15 is 0 Å². The lowest BCUT2D eigenvalue weighted by Gasteiger charge is -2.29. The van der Waals surface area contributed by atoms with Crippen molar-refractivity contribution in [2.24, 2.45) is 5.92 Å². The summed E-state index contributed by atoms with van der Waals surface area (Å²) in [5.74, 6) is -0.108. The van der Waals surface area contributed by atoms with Crippen LogP contribution in [0.4, 0.5) is 4.39 Å². The maximum absolute atomic E-state index is 13.3. The molecule has 0 unspecified atom stereocenters. The third-order valence-electron chi connectivity index (χ3n) is 4.25. The molecule has 2 aliphatic rings. The molecule has 0 atom stereocenters. The Morgan fingerprint density at radius 2 is 1.90 bits per heavy atom. The Balaban J connectivity index is 1.82. The van der Waals surface area contributed by atoms with Crippen LogP contribution in [0.3, 0.4) is 0 Å². The number of sulfonamides is 1. The minimum atomic E-state index is -3.59. The number of nitrogens with zero attached hydrogens (tertiary/aromatic N) is 1. The van der Waals surface area contributed by atoms with Gasteiger partial charge in [0.1, 0.15) is 5.82 Å². The Kier molecular flexibility index (Phi) is 4.28. The molecule has 0 spiro atoms. The highest BCUT2D eigenvalue weighted by Crippen LogP contribution is 2.33. The van der Waals surface area contributed by atoms with Gasteiger partial charge in [-0.3, -0.25) is 0 Å². The van der Waals surface area contributed by atoms with Gasteiger partial charge in [0.2, 0.25) is 10.0 Å². The van der Waals surface area contributed by atoms with Gasteiger partial charge in [0, 0.05) is 12.6 Å². The third-order valence-corrected chi connectivity index (χ3v) is 6.17. The highest BCUT2D eigenvalue weighted by molar-refractivity contribution is 7.89. The number of piperidine rings is 1. The second-order valence-corrected chi connectivity index (χ2v) is 7.85. The summed E-state index contributed by atoms with van der Waals surface area (Å²) in [5, 5.41) is 3.29. The van der Waals surface area contributed by atoms with Crippen LogP contribution in [0.5, 0.6) is 0 Å². The van der Waals surface area contributed by atoms with Crippen LogP contribution in [0.1, 0.15) is 25.7 Å².